The molecule has 2 aromatic carbocycles. The third-order valence-electron chi connectivity index (χ3n) is 5.20. The van der Waals surface area contributed by atoms with Gasteiger partial charge in [0.2, 0.25) is 5.91 Å². The van der Waals surface area contributed by atoms with Gasteiger partial charge >= 0.3 is 0 Å². The number of hydrogen-bond donors (Lipinski definition) is 1. The first-order valence-corrected chi connectivity index (χ1v) is 9.98. The second-order valence-electron chi connectivity index (χ2n) is 7.62. The standard InChI is InChI=1S/C24H23N5O2/c1-15(2)29-23-20(14-26-29)19(13-21(27-23)16-7-5-4-6-8-16)24(31)28(3)18-11-9-17(10-12-18)22(25)30/h4-15H,1-3H3,(H2,25,30). The van der Waals surface area contributed by atoms with Crippen LogP contribution < -0.4 is 10.6 Å². The summed E-state index contributed by atoms with van der Waals surface area (Å²) >= 11 is 0. The number of hydrogen-bond acceptors (Lipinski definition) is 4. The topological polar surface area (TPSA) is 94.1 Å². The number of rotatable bonds is 5. The highest BCUT2D eigenvalue weighted by Crippen LogP contribution is 2.28. The number of nitrogens with two attached hydrogens (primary N) is 1. The van der Waals surface area contributed by atoms with Gasteiger partial charge in [-0.2, -0.15) is 5.10 Å². The number of anilines is 1. The van der Waals surface area contributed by atoms with Crippen molar-refractivity contribution in [3.63, 3.8) is 0 Å². The Balaban J connectivity index is 1.83. The number of fused-ring (bicyclic) bond motifs is 1. The molecule has 2 heterocycles. The van der Waals surface area contributed by atoms with Crippen molar-refractivity contribution in [1.82, 2.24) is 14.8 Å². The zero-order chi connectivity index (χ0) is 22.1. The van der Waals surface area contributed by atoms with Gasteiger partial charge in [0.05, 0.1) is 22.8 Å². The molecule has 0 atom stereocenters. The molecular weight excluding hydrogens is 390 g/mol. The Kier molecular flexibility index (Phi) is 5.25. The summed E-state index contributed by atoms with van der Waals surface area (Å²) in [7, 11) is 1.70. The second-order valence-corrected chi connectivity index (χ2v) is 7.62. The Morgan fingerprint density at radius 3 is 2.32 bits per heavy atom. The molecule has 4 rings (SSSR count). The van der Waals surface area contributed by atoms with Crippen molar-refractivity contribution in [2.24, 2.45) is 5.73 Å². The third-order valence-corrected chi connectivity index (χ3v) is 5.20. The summed E-state index contributed by atoms with van der Waals surface area (Å²) in [6.45, 7) is 4.05. The molecule has 0 unspecified atom stereocenters. The van der Waals surface area contributed by atoms with Crippen LogP contribution in [0.4, 0.5) is 5.69 Å². The van der Waals surface area contributed by atoms with Gasteiger partial charge in [0.15, 0.2) is 5.65 Å². The number of nitrogens with zero attached hydrogens (tertiary/aromatic N) is 4. The Bertz CT molecular complexity index is 1260. The van der Waals surface area contributed by atoms with Crippen LogP contribution in [-0.2, 0) is 0 Å². The van der Waals surface area contributed by atoms with E-state index in [-0.39, 0.29) is 11.9 Å². The Morgan fingerprint density at radius 2 is 1.71 bits per heavy atom. The lowest BCUT2D eigenvalue weighted by Crippen LogP contribution is -2.26. The Labute approximate surface area is 180 Å². The number of aromatic nitrogens is 3. The predicted molar refractivity (Wildman–Crippen MR) is 121 cm³/mol. The fourth-order valence-electron chi connectivity index (χ4n) is 3.48. The van der Waals surface area contributed by atoms with Crippen molar-refractivity contribution in [3.05, 3.63) is 78.0 Å². The van der Waals surface area contributed by atoms with Crippen molar-refractivity contribution in [1.29, 1.82) is 0 Å². The molecule has 0 aliphatic rings. The summed E-state index contributed by atoms with van der Waals surface area (Å²) in [6, 6.07) is 18.3. The number of amides is 2. The van der Waals surface area contributed by atoms with Gasteiger partial charge in [-0.3, -0.25) is 9.59 Å². The highest BCUT2D eigenvalue weighted by atomic mass is 16.2. The maximum absolute atomic E-state index is 13.5. The van der Waals surface area contributed by atoms with E-state index in [1.165, 1.54) is 0 Å². The second kappa shape index (κ2) is 8.02. The van der Waals surface area contributed by atoms with E-state index in [9.17, 15) is 9.59 Å². The third kappa shape index (κ3) is 3.77. The SMILES string of the molecule is CC(C)n1ncc2c(C(=O)N(C)c3ccc(C(N)=O)cc3)cc(-c3ccccc3)nc21. The van der Waals surface area contributed by atoms with Crippen LogP contribution in [-0.4, -0.2) is 33.6 Å². The van der Waals surface area contributed by atoms with Crippen LogP contribution in [0.15, 0.2) is 66.9 Å². The van der Waals surface area contributed by atoms with Gasteiger partial charge in [0, 0.05) is 29.9 Å². The van der Waals surface area contributed by atoms with E-state index in [1.807, 2.05) is 48.9 Å². The van der Waals surface area contributed by atoms with E-state index in [1.54, 1.807) is 48.5 Å². The smallest absolute Gasteiger partial charge is 0.258 e. The van der Waals surface area contributed by atoms with Gasteiger partial charge in [0.25, 0.3) is 5.91 Å². The van der Waals surface area contributed by atoms with Crippen molar-refractivity contribution in [2.75, 3.05) is 11.9 Å². The molecule has 2 N–H and O–H groups in total. The van der Waals surface area contributed by atoms with E-state index in [2.05, 4.69) is 5.10 Å². The van der Waals surface area contributed by atoms with Gasteiger partial charge in [-0.15, -0.1) is 0 Å². The van der Waals surface area contributed by atoms with Crippen LogP contribution in [0, 0.1) is 0 Å². The molecule has 2 aromatic heterocycles. The van der Waals surface area contributed by atoms with Crippen molar-refractivity contribution >= 4 is 28.5 Å². The molecular formula is C24H23N5O2. The summed E-state index contributed by atoms with van der Waals surface area (Å²) in [5.74, 6) is -0.704. The van der Waals surface area contributed by atoms with Gasteiger partial charge in [-0.05, 0) is 44.2 Å². The first-order chi connectivity index (χ1) is 14.9. The average molecular weight is 413 g/mol. The van der Waals surface area contributed by atoms with Crippen LogP contribution in [0.5, 0.6) is 0 Å². The van der Waals surface area contributed by atoms with E-state index in [0.717, 1.165) is 5.56 Å². The van der Waals surface area contributed by atoms with Crippen molar-refractivity contribution < 1.29 is 9.59 Å². The van der Waals surface area contributed by atoms with E-state index >= 15 is 0 Å². The summed E-state index contributed by atoms with van der Waals surface area (Å²) in [5.41, 5.74) is 9.16. The minimum Gasteiger partial charge on any atom is -0.366 e. The molecule has 4 aromatic rings. The fraction of sp³-hybridized carbons (Fsp3) is 0.167. The van der Waals surface area contributed by atoms with Crippen molar-refractivity contribution in [3.8, 4) is 11.3 Å². The molecule has 0 saturated heterocycles. The normalized spacial score (nSPS) is 11.1. The summed E-state index contributed by atoms with van der Waals surface area (Å²) in [4.78, 5) is 31.2. The summed E-state index contributed by atoms with van der Waals surface area (Å²) in [6.07, 6.45) is 1.69. The van der Waals surface area contributed by atoms with Crippen LogP contribution in [0.1, 0.15) is 40.6 Å². The molecule has 2 amide bonds. The van der Waals surface area contributed by atoms with Crippen LogP contribution in [0.25, 0.3) is 22.3 Å². The lowest BCUT2D eigenvalue weighted by Gasteiger charge is -2.19. The quantitative estimate of drug-likeness (QED) is 0.534. The van der Waals surface area contributed by atoms with Gasteiger partial charge in [0.1, 0.15) is 0 Å². The fourth-order valence-corrected chi connectivity index (χ4v) is 3.48. The number of pyridine rings is 1. The largest absolute Gasteiger partial charge is 0.366 e. The zero-order valence-electron chi connectivity index (χ0n) is 17.6. The van der Waals surface area contributed by atoms with Crippen molar-refractivity contribution in [2.45, 2.75) is 19.9 Å². The summed E-state index contributed by atoms with van der Waals surface area (Å²) < 4.78 is 1.82. The number of benzene rings is 2. The molecule has 0 fully saturated rings. The molecule has 31 heavy (non-hydrogen) atoms. The zero-order valence-corrected chi connectivity index (χ0v) is 17.6. The molecule has 0 aliphatic carbocycles. The lowest BCUT2D eigenvalue weighted by molar-refractivity contribution is 0.0990. The molecule has 0 bridgehead atoms. The first kappa shape index (κ1) is 20.3. The van der Waals surface area contributed by atoms with E-state index in [4.69, 9.17) is 10.7 Å². The van der Waals surface area contributed by atoms with Gasteiger partial charge in [-0.1, -0.05) is 30.3 Å². The minimum absolute atomic E-state index is 0.0954. The highest BCUT2D eigenvalue weighted by Gasteiger charge is 2.22. The molecule has 0 radical (unpaired) electrons. The highest BCUT2D eigenvalue weighted by molar-refractivity contribution is 6.13. The number of primary amides is 1. The van der Waals surface area contributed by atoms with Crippen LogP contribution in [0.2, 0.25) is 0 Å². The number of carbonyl (C=O) groups excluding carboxylic acids is 2. The van der Waals surface area contributed by atoms with E-state index in [0.29, 0.717) is 33.5 Å². The minimum atomic E-state index is -0.509. The van der Waals surface area contributed by atoms with Gasteiger partial charge in [-0.25, -0.2) is 9.67 Å². The molecule has 0 aliphatic heterocycles. The molecule has 0 saturated carbocycles. The predicted octanol–water partition coefficient (Wildman–Crippen LogP) is 4.05. The molecule has 7 nitrogen and oxygen atoms in total. The molecule has 156 valence electrons. The lowest BCUT2D eigenvalue weighted by atomic mass is 10.1. The van der Waals surface area contributed by atoms with E-state index < -0.39 is 5.91 Å². The maximum atomic E-state index is 13.5. The maximum Gasteiger partial charge on any atom is 0.258 e. The van der Waals surface area contributed by atoms with Crippen LogP contribution >= 0.6 is 0 Å². The monoisotopic (exact) mass is 413 g/mol. The summed E-state index contributed by atoms with van der Waals surface area (Å²) in [5, 5.41) is 5.16. The number of carbonyl (C=O) groups is 2. The molecule has 7 heteroatoms. The first-order valence-electron chi connectivity index (χ1n) is 9.98. The molecule has 0 spiro atoms. The Morgan fingerprint density at radius 1 is 1.03 bits per heavy atom. The van der Waals surface area contributed by atoms with Gasteiger partial charge < -0.3 is 10.6 Å². The average Bonchev–Trinajstić information content (AvgIpc) is 3.22. The Hall–Kier alpha value is -4.00. The van der Waals surface area contributed by atoms with Crippen LogP contribution in [0.3, 0.4) is 0 Å².